The fraction of sp³-hybridized carbons (Fsp3) is 0.231. The van der Waals surface area contributed by atoms with Crippen LogP contribution < -0.4 is 10.6 Å². The van der Waals surface area contributed by atoms with Crippen LogP contribution in [0.25, 0.3) is 0 Å². The van der Waals surface area contributed by atoms with Crippen molar-refractivity contribution in [2.24, 2.45) is 0 Å². The Morgan fingerprint density at radius 2 is 2.17 bits per heavy atom. The van der Waals surface area contributed by atoms with Gasteiger partial charge in [0.25, 0.3) is 0 Å². The topological polar surface area (TPSA) is 78.4 Å². The SMILES string of the molecule is C=CCNCC(=O)Nc1ccc(C)cc1C(=O)O. The fourth-order valence-corrected chi connectivity index (χ4v) is 1.43. The molecule has 1 aromatic rings. The average molecular weight is 248 g/mol. The van der Waals surface area contributed by atoms with Crippen LogP contribution in [0.5, 0.6) is 0 Å². The van der Waals surface area contributed by atoms with Crippen LogP contribution in [0.2, 0.25) is 0 Å². The van der Waals surface area contributed by atoms with Crippen LogP contribution in [0.1, 0.15) is 15.9 Å². The van der Waals surface area contributed by atoms with Crippen LogP contribution in [-0.4, -0.2) is 30.1 Å². The molecule has 5 heteroatoms. The van der Waals surface area contributed by atoms with E-state index < -0.39 is 5.97 Å². The highest BCUT2D eigenvalue weighted by atomic mass is 16.4. The molecule has 0 atom stereocenters. The van der Waals surface area contributed by atoms with E-state index in [0.29, 0.717) is 12.2 Å². The van der Waals surface area contributed by atoms with Crippen molar-refractivity contribution in [3.63, 3.8) is 0 Å². The third kappa shape index (κ3) is 4.03. The van der Waals surface area contributed by atoms with Crippen molar-refractivity contribution in [1.29, 1.82) is 0 Å². The minimum Gasteiger partial charge on any atom is -0.478 e. The minimum absolute atomic E-state index is 0.0899. The summed E-state index contributed by atoms with van der Waals surface area (Å²) in [7, 11) is 0. The summed E-state index contributed by atoms with van der Waals surface area (Å²) in [6.07, 6.45) is 1.64. The number of nitrogens with one attached hydrogen (secondary N) is 2. The lowest BCUT2D eigenvalue weighted by Crippen LogP contribution is -2.28. The van der Waals surface area contributed by atoms with Crippen LogP contribution in [-0.2, 0) is 4.79 Å². The highest BCUT2D eigenvalue weighted by Gasteiger charge is 2.12. The second-order valence-electron chi connectivity index (χ2n) is 3.82. The third-order valence-electron chi connectivity index (χ3n) is 2.25. The number of benzene rings is 1. The highest BCUT2D eigenvalue weighted by Crippen LogP contribution is 2.17. The van der Waals surface area contributed by atoms with Gasteiger partial charge < -0.3 is 15.7 Å². The first-order valence-electron chi connectivity index (χ1n) is 5.50. The van der Waals surface area contributed by atoms with Crippen molar-refractivity contribution in [3.8, 4) is 0 Å². The molecule has 0 aliphatic carbocycles. The van der Waals surface area contributed by atoms with Gasteiger partial charge in [-0.15, -0.1) is 6.58 Å². The smallest absolute Gasteiger partial charge is 0.337 e. The number of aromatic carboxylic acids is 1. The van der Waals surface area contributed by atoms with Gasteiger partial charge in [-0.1, -0.05) is 17.7 Å². The lowest BCUT2D eigenvalue weighted by atomic mass is 10.1. The van der Waals surface area contributed by atoms with Gasteiger partial charge in [-0.25, -0.2) is 4.79 Å². The third-order valence-corrected chi connectivity index (χ3v) is 2.25. The van der Waals surface area contributed by atoms with Gasteiger partial charge in [0, 0.05) is 6.54 Å². The molecule has 0 heterocycles. The lowest BCUT2D eigenvalue weighted by molar-refractivity contribution is -0.115. The van der Waals surface area contributed by atoms with E-state index in [4.69, 9.17) is 5.11 Å². The van der Waals surface area contributed by atoms with Gasteiger partial charge in [-0.3, -0.25) is 4.79 Å². The number of rotatable bonds is 6. The molecule has 0 aromatic heterocycles. The molecule has 0 unspecified atom stereocenters. The Morgan fingerprint density at radius 3 is 2.78 bits per heavy atom. The first kappa shape index (κ1) is 13.9. The summed E-state index contributed by atoms with van der Waals surface area (Å²) in [4.78, 5) is 22.6. The van der Waals surface area contributed by atoms with Crippen LogP contribution in [0.3, 0.4) is 0 Å². The number of hydrogen-bond acceptors (Lipinski definition) is 3. The molecule has 0 saturated heterocycles. The molecule has 1 rings (SSSR count). The number of amides is 1. The van der Waals surface area contributed by atoms with E-state index in [0.717, 1.165) is 5.56 Å². The van der Waals surface area contributed by atoms with Gasteiger partial charge in [-0.2, -0.15) is 0 Å². The maximum absolute atomic E-state index is 11.5. The van der Waals surface area contributed by atoms with E-state index in [1.807, 2.05) is 0 Å². The first-order valence-corrected chi connectivity index (χ1v) is 5.50. The molecule has 0 aliphatic heterocycles. The van der Waals surface area contributed by atoms with Gasteiger partial charge in [0.2, 0.25) is 5.91 Å². The largest absolute Gasteiger partial charge is 0.478 e. The number of hydrogen-bond donors (Lipinski definition) is 3. The standard InChI is InChI=1S/C13H16N2O3/c1-3-6-14-8-12(16)15-11-5-4-9(2)7-10(11)13(17)18/h3-5,7,14H,1,6,8H2,2H3,(H,15,16)(H,17,18). The predicted molar refractivity (Wildman–Crippen MR) is 69.8 cm³/mol. The zero-order valence-electron chi connectivity index (χ0n) is 10.2. The van der Waals surface area contributed by atoms with Crippen molar-refractivity contribution in [2.75, 3.05) is 18.4 Å². The van der Waals surface area contributed by atoms with Crippen molar-refractivity contribution in [1.82, 2.24) is 5.32 Å². The first-order chi connectivity index (χ1) is 8.54. The Hall–Kier alpha value is -2.14. The molecule has 0 spiro atoms. The van der Waals surface area contributed by atoms with Crippen LogP contribution in [0.15, 0.2) is 30.9 Å². The predicted octanol–water partition coefficient (Wildman–Crippen LogP) is 1.41. The Labute approximate surface area is 106 Å². The molecular weight excluding hydrogens is 232 g/mol. The maximum Gasteiger partial charge on any atom is 0.337 e. The summed E-state index contributed by atoms with van der Waals surface area (Å²) in [5, 5.41) is 14.4. The van der Waals surface area contributed by atoms with Crippen molar-refractivity contribution >= 4 is 17.6 Å². The number of aryl methyl sites for hydroxylation is 1. The van der Waals surface area contributed by atoms with E-state index >= 15 is 0 Å². The zero-order valence-corrected chi connectivity index (χ0v) is 10.2. The molecule has 0 aliphatic rings. The molecule has 0 saturated carbocycles. The zero-order chi connectivity index (χ0) is 13.5. The highest BCUT2D eigenvalue weighted by molar-refractivity contribution is 6.01. The molecule has 18 heavy (non-hydrogen) atoms. The summed E-state index contributed by atoms with van der Waals surface area (Å²) in [5.74, 6) is -1.35. The molecule has 5 nitrogen and oxygen atoms in total. The number of carbonyl (C=O) groups excluding carboxylic acids is 1. The average Bonchev–Trinajstić information content (AvgIpc) is 2.31. The number of carbonyl (C=O) groups is 2. The van der Waals surface area contributed by atoms with Crippen LogP contribution >= 0.6 is 0 Å². The normalized spacial score (nSPS) is 9.83. The molecule has 0 radical (unpaired) electrons. The molecule has 96 valence electrons. The monoisotopic (exact) mass is 248 g/mol. The van der Waals surface area contributed by atoms with Crippen molar-refractivity contribution in [2.45, 2.75) is 6.92 Å². The summed E-state index contributed by atoms with van der Waals surface area (Å²) >= 11 is 0. The molecular formula is C13H16N2O3. The maximum atomic E-state index is 11.5. The minimum atomic E-state index is -1.06. The van der Waals surface area contributed by atoms with E-state index in [2.05, 4.69) is 17.2 Å². The number of carboxylic acid groups (broad SMARTS) is 1. The van der Waals surface area contributed by atoms with Crippen molar-refractivity contribution in [3.05, 3.63) is 42.0 Å². The summed E-state index contributed by atoms with van der Waals surface area (Å²) in [5.41, 5.74) is 1.22. The van der Waals surface area contributed by atoms with Gasteiger partial charge in [0.05, 0.1) is 17.8 Å². The molecule has 0 fully saturated rings. The van der Waals surface area contributed by atoms with Crippen molar-refractivity contribution < 1.29 is 14.7 Å². The van der Waals surface area contributed by atoms with Gasteiger partial charge >= 0.3 is 5.97 Å². The Balaban J connectivity index is 2.74. The lowest BCUT2D eigenvalue weighted by Gasteiger charge is -2.09. The molecule has 3 N–H and O–H groups in total. The number of anilines is 1. The fourth-order valence-electron chi connectivity index (χ4n) is 1.43. The Kier molecular flexibility index (Phi) is 5.07. The van der Waals surface area contributed by atoms with E-state index in [-0.39, 0.29) is 18.0 Å². The second-order valence-corrected chi connectivity index (χ2v) is 3.82. The molecule has 0 bridgehead atoms. The van der Waals surface area contributed by atoms with E-state index in [1.165, 1.54) is 6.07 Å². The summed E-state index contributed by atoms with van der Waals surface area (Å²) in [6, 6.07) is 4.86. The summed E-state index contributed by atoms with van der Waals surface area (Å²) in [6.45, 7) is 5.94. The van der Waals surface area contributed by atoms with Crippen LogP contribution in [0, 0.1) is 6.92 Å². The van der Waals surface area contributed by atoms with Crippen LogP contribution in [0.4, 0.5) is 5.69 Å². The van der Waals surface area contributed by atoms with E-state index in [1.54, 1.807) is 25.1 Å². The molecule has 1 aromatic carbocycles. The van der Waals surface area contributed by atoms with E-state index in [9.17, 15) is 9.59 Å². The number of carboxylic acids is 1. The summed E-state index contributed by atoms with van der Waals surface area (Å²) < 4.78 is 0. The quantitative estimate of drug-likeness (QED) is 0.525. The second kappa shape index (κ2) is 6.56. The van der Waals surface area contributed by atoms with Gasteiger partial charge in [-0.05, 0) is 19.1 Å². The van der Waals surface area contributed by atoms with Gasteiger partial charge in [0.15, 0.2) is 0 Å². The van der Waals surface area contributed by atoms with Gasteiger partial charge in [0.1, 0.15) is 0 Å². The molecule has 1 amide bonds. The Bertz CT molecular complexity index is 469. The Morgan fingerprint density at radius 1 is 1.44 bits per heavy atom.